The predicted octanol–water partition coefficient (Wildman–Crippen LogP) is 0.570. The van der Waals surface area contributed by atoms with Crippen LogP contribution in [0.3, 0.4) is 0 Å². The molecule has 102 valence electrons. The van der Waals surface area contributed by atoms with Crippen molar-refractivity contribution >= 4 is 21.8 Å². The van der Waals surface area contributed by atoms with Gasteiger partial charge in [-0.05, 0) is 23.3 Å². The van der Waals surface area contributed by atoms with Crippen molar-refractivity contribution in [2.45, 2.75) is 24.2 Å². The number of aliphatic hydroxyl groups excluding tert-OH is 1. The van der Waals surface area contributed by atoms with Gasteiger partial charge in [-0.25, -0.2) is 8.42 Å². The third-order valence-electron chi connectivity index (χ3n) is 3.29. The molecule has 5 nitrogen and oxygen atoms in total. The molecule has 3 N–H and O–H groups in total. The zero-order valence-corrected chi connectivity index (χ0v) is 11.5. The first kappa shape index (κ1) is 13.8. The van der Waals surface area contributed by atoms with E-state index in [0.29, 0.717) is 11.1 Å². The Morgan fingerprint density at radius 2 is 2.00 bits per heavy atom. The van der Waals surface area contributed by atoms with Gasteiger partial charge in [-0.2, -0.15) is 0 Å². The van der Waals surface area contributed by atoms with E-state index in [1.165, 1.54) is 12.1 Å². The van der Waals surface area contributed by atoms with E-state index < -0.39 is 26.1 Å². The first-order valence-electron chi connectivity index (χ1n) is 5.73. The zero-order chi connectivity index (χ0) is 14.4. The van der Waals surface area contributed by atoms with E-state index in [9.17, 15) is 18.3 Å². The predicted molar refractivity (Wildman–Crippen MR) is 70.9 cm³/mol. The van der Waals surface area contributed by atoms with E-state index in [-0.39, 0.29) is 11.5 Å². The number of amides is 1. The number of hydrogen-bond acceptors (Lipinski definition) is 4. The molecule has 0 saturated carbocycles. The SMILES string of the molecule is CC(C)(CO)c1cccc2c1C=C(C(N)=O)S2(=O)=O. The molecule has 19 heavy (non-hydrogen) atoms. The van der Waals surface area contributed by atoms with Crippen LogP contribution in [0.4, 0.5) is 0 Å². The molecule has 0 aliphatic carbocycles. The van der Waals surface area contributed by atoms with E-state index in [1.807, 2.05) is 0 Å². The van der Waals surface area contributed by atoms with E-state index in [0.717, 1.165) is 0 Å². The Hall–Kier alpha value is -1.66. The van der Waals surface area contributed by atoms with Crippen molar-refractivity contribution in [3.63, 3.8) is 0 Å². The summed E-state index contributed by atoms with van der Waals surface area (Å²) in [5.74, 6) is -0.969. The Labute approximate surface area is 111 Å². The number of carbonyl (C=O) groups is 1. The monoisotopic (exact) mass is 281 g/mol. The van der Waals surface area contributed by atoms with Crippen LogP contribution in [0.1, 0.15) is 25.0 Å². The molecule has 0 radical (unpaired) electrons. The second-order valence-corrected chi connectivity index (χ2v) is 7.02. The van der Waals surface area contributed by atoms with Crippen molar-refractivity contribution < 1.29 is 18.3 Å². The fourth-order valence-corrected chi connectivity index (χ4v) is 3.62. The molecule has 1 heterocycles. The van der Waals surface area contributed by atoms with Gasteiger partial charge in [0.2, 0.25) is 9.84 Å². The Bertz CT molecular complexity index is 687. The second-order valence-electron chi connectivity index (χ2n) is 5.14. The highest BCUT2D eigenvalue weighted by Crippen LogP contribution is 2.38. The minimum atomic E-state index is -3.83. The highest BCUT2D eigenvalue weighted by atomic mass is 32.2. The van der Waals surface area contributed by atoms with Crippen molar-refractivity contribution in [3.05, 3.63) is 34.2 Å². The Morgan fingerprint density at radius 3 is 2.53 bits per heavy atom. The van der Waals surface area contributed by atoms with Gasteiger partial charge in [0.1, 0.15) is 4.91 Å². The van der Waals surface area contributed by atoms with Crippen LogP contribution >= 0.6 is 0 Å². The molecule has 1 aliphatic heterocycles. The standard InChI is InChI=1S/C13H15NO4S/c1-13(2,7-15)9-4-3-5-10-8(9)6-11(12(14)16)19(10,17)18/h3-6,15H,7H2,1-2H3,(H2,14,16). The van der Waals surface area contributed by atoms with Gasteiger partial charge in [-0.1, -0.05) is 26.0 Å². The van der Waals surface area contributed by atoms with Crippen molar-refractivity contribution in [3.8, 4) is 0 Å². The summed E-state index contributed by atoms with van der Waals surface area (Å²) in [7, 11) is -3.83. The van der Waals surface area contributed by atoms with E-state index >= 15 is 0 Å². The number of sulfone groups is 1. The number of nitrogens with two attached hydrogens (primary N) is 1. The Morgan fingerprint density at radius 1 is 1.37 bits per heavy atom. The van der Waals surface area contributed by atoms with Crippen molar-refractivity contribution in [1.82, 2.24) is 0 Å². The summed E-state index contributed by atoms with van der Waals surface area (Å²) >= 11 is 0. The van der Waals surface area contributed by atoms with Gasteiger partial charge in [0.15, 0.2) is 0 Å². The van der Waals surface area contributed by atoms with E-state index in [4.69, 9.17) is 5.73 Å². The van der Waals surface area contributed by atoms with Gasteiger partial charge in [-0.15, -0.1) is 0 Å². The van der Waals surface area contributed by atoms with Crippen molar-refractivity contribution in [2.75, 3.05) is 6.61 Å². The zero-order valence-electron chi connectivity index (χ0n) is 10.7. The summed E-state index contributed by atoms with van der Waals surface area (Å²) in [6.07, 6.45) is 1.29. The number of carbonyl (C=O) groups excluding carboxylic acids is 1. The summed E-state index contributed by atoms with van der Waals surface area (Å²) < 4.78 is 24.3. The first-order valence-corrected chi connectivity index (χ1v) is 7.21. The van der Waals surface area contributed by atoms with Gasteiger partial charge in [0.25, 0.3) is 5.91 Å². The van der Waals surface area contributed by atoms with Crippen LogP contribution < -0.4 is 5.73 Å². The van der Waals surface area contributed by atoms with Gasteiger partial charge in [-0.3, -0.25) is 4.79 Å². The Balaban J connectivity index is 2.77. The van der Waals surface area contributed by atoms with Crippen LogP contribution in [0.5, 0.6) is 0 Å². The molecule has 2 rings (SSSR count). The minimum Gasteiger partial charge on any atom is -0.395 e. The molecule has 0 bridgehead atoms. The lowest BCUT2D eigenvalue weighted by Gasteiger charge is -2.24. The largest absolute Gasteiger partial charge is 0.395 e. The third-order valence-corrected chi connectivity index (χ3v) is 5.12. The van der Waals surface area contributed by atoms with Crippen LogP contribution in [0.2, 0.25) is 0 Å². The highest BCUT2D eigenvalue weighted by molar-refractivity contribution is 7.96. The quantitative estimate of drug-likeness (QED) is 0.846. The maximum absolute atomic E-state index is 12.2. The molecular formula is C13H15NO4S. The number of hydrogen-bond donors (Lipinski definition) is 2. The maximum atomic E-state index is 12.2. The minimum absolute atomic E-state index is 0.0697. The number of fused-ring (bicyclic) bond motifs is 1. The summed E-state index contributed by atoms with van der Waals surface area (Å²) in [4.78, 5) is 10.9. The lowest BCUT2D eigenvalue weighted by Crippen LogP contribution is -2.23. The molecule has 0 spiro atoms. The number of benzene rings is 1. The summed E-state index contributed by atoms with van der Waals surface area (Å²) in [6, 6.07) is 4.78. The van der Waals surface area contributed by atoms with Crippen LogP contribution in [-0.4, -0.2) is 26.0 Å². The normalized spacial score (nSPS) is 16.9. The van der Waals surface area contributed by atoms with Gasteiger partial charge in [0.05, 0.1) is 11.5 Å². The molecule has 0 fully saturated rings. The van der Waals surface area contributed by atoms with E-state index in [2.05, 4.69) is 0 Å². The molecule has 0 aromatic heterocycles. The molecule has 1 aliphatic rings. The molecule has 0 saturated heterocycles. The van der Waals surface area contributed by atoms with Crippen molar-refractivity contribution in [1.29, 1.82) is 0 Å². The third kappa shape index (κ3) is 1.97. The van der Waals surface area contributed by atoms with Crippen LogP contribution in [0.25, 0.3) is 6.08 Å². The van der Waals surface area contributed by atoms with Crippen molar-refractivity contribution in [2.24, 2.45) is 5.73 Å². The molecule has 6 heteroatoms. The van der Waals surface area contributed by atoms with E-state index in [1.54, 1.807) is 26.0 Å². The lowest BCUT2D eigenvalue weighted by atomic mass is 9.82. The molecule has 0 atom stereocenters. The summed E-state index contributed by atoms with van der Waals surface area (Å²) in [5.41, 5.74) is 5.62. The fourth-order valence-electron chi connectivity index (χ4n) is 2.13. The summed E-state index contributed by atoms with van der Waals surface area (Å²) in [5, 5.41) is 9.42. The molecule has 1 aromatic carbocycles. The van der Waals surface area contributed by atoms with Gasteiger partial charge >= 0.3 is 0 Å². The maximum Gasteiger partial charge on any atom is 0.260 e. The van der Waals surface area contributed by atoms with Crippen LogP contribution in [0.15, 0.2) is 28.0 Å². The summed E-state index contributed by atoms with van der Waals surface area (Å²) in [6.45, 7) is 3.46. The number of rotatable bonds is 3. The smallest absolute Gasteiger partial charge is 0.260 e. The molecular weight excluding hydrogens is 266 g/mol. The van der Waals surface area contributed by atoms with Crippen LogP contribution in [-0.2, 0) is 20.0 Å². The molecule has 0 unspecified atom stereocenters. The Kier molecular flexibility index (Phi) is 3.03. The number of primary amides is 1. The fraction of sp³-hybridized carbons (Fsp3) is 0.308. The van der Waals surface area contributed by atoms with Gasteiger partial charge < -0.3 is 10.8 Å². The van der Waals surface area contributed by atoms with Crippen LogP contribution in [0, 0.1) is 0 Å². The average molecular weight is 281 g/mol. The second kappa shape index (κ2) is 4.18. The van der Waals surface area contributed by atoms with Gasteiger partial charge in [0, 0.05) is 5.41 Å². The topological polar surface area (TPSA) is 97.5 Å². The average Bonchev–Trinajstić information content (AvgIpc) is 2.61. The highest BCUT2D eigenvalue weighted by Gasteiger charge is 2.36. The molecule has 1 amide bonds. The first-order chi connectivity index (χ1) is 8.71. The molecule has 1 aromatic rings. The lowest BCUT2D eigenvalue weighted by molar-refractivity contribution is -0.113. The number of aliphatic hydroxyl groups is 1.